The van der Waals surface area contributed by atoms with Crippen molar-refractivity contribution in [1.82, 2.24) is 10.3 Å². The molecule has 1 aliphatic rings. The third kappa shape index (κ3) is 4.05. The first-order valence-corrected chi connectivity index (χ1v) is 8.41. The van der Waals surface area contributed by atoms with Crippen LogP contribution in [0.4, 0.5) is 0 Å². The Morgan fingerprint density at radius 2 is 2.15 bits per heavy atom. The Morgan fingerprint density at radius 1 is 1.30 bits per heavy atom. The second kappa shape index (κ2) is 7.78. The molecular weight excluding hydrogens is 244 g/mol. The summed E-state index contributed by atoms with van der Waals surface area (Å²) in [5.41, 5.74) is 2.38. The zero-order chi connectivity index (χ0) is 14.4. The third-order valence-corrected chi connectivity index (χ3v) is 4.71. The van der Waals surface area contributed by atoms with Gasteiger partial charge in [0.05, 0.1) is 11.7 Å². The molecule has 112 valence electrons. The molecule has 0 bridgehead atoms. The molecule has 0 amide bonds. The number of nitrogens with one attached hydrogen (secondary N) is 1. The maximum atomic E-state index is 4.79. The highest BCUT2D eigenvalue weighted by molar-refractivity contribution is 5.14. The van der Waals surface area contributed by atoms with Crippen LogP contribution in [0.25, 0.3) is 0 Å². The zero-order valence-electron chi connectivity index (χ0n) is 13.4. The largest absolute Gasteiger partial charge is 0.308 e. The molecule has 1 saturated carbocycles. The maximum Gasteiger partial charge on any atom is 0.0579 e. The number of hydrogen-bond donors (Lipinski definition) is 1. The van der Waals surface area contributed by atoms with E-state index in [2.05, 4.69) is 44.3 Å². The van der Waals surface area contributed by atoms with Crippen molar-refractivity contribution in [2.24, 2.45) is 11.8 Å². The van der Waals surface area contributed by atoms with Gasteiger partial charge in [-0.2, -0.15) is 0 Å². The number of rotatable bonds is 6. The normalized spacial score (nSPS) is 24.6. The first kappa shape index (κ1) is 15.5. The Labute approximate surface area is 124 Å². The van der Waals surface area contributed by atoms with Crippen molar-refractivity contribution >= 4 is 0 Å². The smallest absolute Gasteiger partial charge is 0.0579 e. The van der Waals surface area contributed by atoms with Gasteiger partial charge in [-0.1, -0.05) is 39.2 Å². The van der Waals surface area contributed by atoms with E-state index in [1.165, 1.54) is 44.2 Å². The first-order chi connectivity index (χ1) is 9.74. The van der Waals surface area contributed by atoms with E-state index in [4.69, 9.17) is 4.98 Å². The van der Waals surface area contributed by atoms with Gasteiger partial charge in [0, 0.05) is 5.69 Å². The van der Waals surface area contributed by atoms with E-state index >= 15 is 0 Å². The quantitative estimate of drug-likeness (QED) is 0.817. The molecule has 0 aliphatic heterocycles. The standard InChI is InChI=1S/C18H30N2/c1-4-12-19-18(17-11-6-8-14(3)20-17)16-10-7-9-15(5-2)13-16/h6,8,11,15-16,18-19H,4-5,7,9-10,12-13H2,1-3H3. The fraction of sp³-hybridized carbons (Fsp3) is 0.722. The lowest BCUT2D eigenvalue weighted by Gasteiger charge is -2.34. The summed E-state index contributed by atoms with van der Waals surface area (Å²) in [6.45, 7) is 7.76. The van der Waals surface area contributed by atoms with Crippen molar-refractivity contribution in [2.45, 2.75) is 65.3 Å². The van der Waals surface area contributed by atoms with Crippen molar-refractivity contribution in [1.29, 1.82) is 0 Å². The van der Waals surface area contributed by atoms with Crippen molar-refractivity contribution < 1.29 is 0 Å². The van der Waals surface area contributed by atoms with Crippen LogP contribution in [0.2, 0.25) is 0 Å². The Balaban J connectivity index is 2.14. The molecular formula is C18H30N2. The topological polar surface area (TPSA) is 24.9 Å². The molecule has 1 fully saturated rings. The molecule has 0 spiro atoms. The summed E-state index contributed by atoms with van der Waals surface area (Å²) < 4.78 is 0. The van der Waals surface area contributed by atoms with Crippen LogP contribution in [0.5, 0.6) is 0 Å². The van der Waals surface area contributed by atoms with Gasteiger partial charge in [0.1, 0.15) is 0 Å². The lowest BCUT2D eigenvalue weighted by Crippen LogP contribution is -2.32. The predicted octanol–water partition coefficient (Wildman–Crippen LogP) is 4.65. The van der Waals surface area contributed by atoms with Gasteiger partial charge in [0.25, 0.3) is 0 Å². The van der Waals surface area contributed by atoms with Crippen molar-refractivity contribution in [3.05, 3.63) is 29.6 Å². The molecule has 2 rings (SSSR count). The molecule has 1 aromatic rings. The second-order valence-corrected chi connectivity index (χ2v) is 6.34. The predicted molar refractivity (Wildman–Crippen MR) is 85.7 cm³/mol. The molecule has 1 aromatic heterocycles. The van der Waals surface area contributed by atoms with E-state index in [-0.39, 0.29) is 0 Å². The monoisotopic (exact) mass is 274 g/mol. The molecule has 1 aliphatic carbocycles. The van der Waals surface area contributed by atoms with E-state index in [0.717, 1.165) is 24.1 Å². The highest BCUT2D eigenvalue weighted by Crippen LogP contribution is 2.38. The van der Waals surface area contributed by atoms with Crippen LogP contribution in [-0.4, -0.2) is 11.5 Å². The fourth-order valence-corrected chi connectivity index (χ4v) is 3.56. The highest BCUT2D eigenvalue weighted by atomic mass is 14.9. The summed E-state index contributed by atoms with van der Waals surface area (Å²) in [6.07, 6.45) is 8.06. The van der Waals surface area contributed by atoms with Crippen LogP contribution in [0.15, 0.2) is 18.2 Å². The summed E-state index contributed by atoms with van der Waals surface area (Å²) >= 11 is 0. The van der Waals surface area contributed by atoms with Crippen LogP contribution in [0, 0.1) is 18.8 Å². The first-order valence-electron chi connectivity index (χ1n) is 8.41. The van der Waals surface area contributed by atoms with Gasteiger partial charge in [0.2, 0.25) is 0 Å². The zero-order valence-corrected chi connectivity index (χ0v) is 13.4. The van der Waals surface area contributed by atoms with Gasteiger partial charge in [-0.3, -0.25) is 4.98 Å². The molecule has 0 aromatic carbocycles. The minimum Gasteiger partial charge on any atom is -0.308 e. The number of hydrogen-bond acceptors (Lipinski definition) is 2. The Bertz CT molecular complexity index is 402. The number of pyridine rings is 1. The Morgan fingerprint density at radius 3 is 2.85 bits per heavy atom. The van der Waals surface area contributed by atoms with E-state index in [1.54, 1.807) is 0 Å². The lowest BCUT2D eigenvalue weighted by atomic mass is 9.76. The molecule has 0 saturated heterocycles. The Kier molecular flexibility index (Phi) is 6.03. The van der Waals surface area contributed by atoms with E-state index in [9.17, 15) is 0 Å². The molecule has 2 nitrogen and oxygen atoms in total. The lowest BCUT2D eigenvalue weighted by molar-refractivity contribution is 0.207. The average Bonchev–Trinajstić information content (AvgIpc) is 2.48. The third-order valence-electron chi connectivity index (χ3n) is 4.71. The molecule has 0 radical (unpaired) electrons. The fourth-order valence-electron chi connectivity index (χ4n) is 3.56. The number of aromatic nitrogens is 1. The van der Waals surface area contributed by atoms with Crippen LogP contribution >= 0.6 is 0 Å². The van der Waals surface area contributed by atoms with E-state index in [1.807, 2.05) is 0 Å². The maximum absolute atomic E-state index is 4.79. The van der Waals surface area contributed by atoms with Gasteiger partial charge in [-0.25, -0.2) is 0 Å². The summed E-state index contributed by atoms with van der Waals surface area (Å²) in [5, 5.41) is 3.76. The summed E-state index contributed by atoms with van der Waals surface area (Å²) in [5.74, 6) is 1.68. The molecule has 2 heteroatoms. The van der Waals surface area contributed by atoms with Gasteiger partial charge in [0.15, 0.2) is 0 Å². The summed E-state index contributed by atoms with van der Waals surface area (Å²) in [7, 11) is 0. The Hall–Kier alpha value is -0.890. The van der Waals surface area contributed by atoms with Gasteiger partial charge < -0.3 is 5.32 Å². The molecule has 1 heterocycles. The van der Waals surface area contributed by atoms with Gasteiger partial charge in [-0.15, -0.1) is 0 Å². The molecule has 3 unspecified atom stereocenters. The van der Waals surface area contributed by atoms with E-state index in [0.29, 0.717) is 6.04 Å². The minimum absolute atomic E-state index is 0.448. The van der Waals surface area contributed by atoms with Crippen molar-refractivity contribution in [3.63, 3.8) is 0 Å². The van der Waals surface area contributed by atoms with Gasteiger partial charge in [-0.05, 0) is 56.7 Å². The van der Waals surface area contributed by atoms with Crippen molar-refractivity contribution in [3.8, 4) is 0 Å². The highest BCUT2D eigenvalue weighted by Gasteiger charge is 2.29. The van der Waals surface area contributed by atoms with Crippen LogP contribution < -0.4 is 5.32 Å². The second-order valence-electron chi connectivity index (χ2n) is 6.34. The van der Waals surface area contributed by atoms with Crippen molar-refractivity contribution in [2.75, 3.05) is 6.54 Å². The number of aryl methyl sites for hydroxylation is 1. The molecule has 1 N–H and O–H groups in total. The van der Waals surface area contributed by atoms with Crippen LogP contribution in [0.3, 0.4) is 0 Å². The summed E-state index contributed by atoms with van der Waals surface area (Å²) in [6, 6.07) is 6.90. The van der Waals surface area contributed by atoms with Crippen LogP contribution in [0.1, 0.15) is 69.8 Å². The van der Waals surface area contributed by atoms with E-state index < -0.39 is 0 Å². The number of nitrogens with zero attached hydrogens (tertiary/aromatic N) is 1. The van der Waals surface area contributed by atoms with Gasteiger partial charge >= 0.3 is 0 Å². The summed E-state index contributed by atoms with van der Waals surface area (Å²) in [4.78, 5) is 4.79. The SMILES string of the molecule is CCCNC(c1cccc(C)n1)C1CCCC(CC)C1. The average molecular weight is 274 g/mol. The molecule has 3 atom stereocenters. The minimum atomic E-state index is 0.448. The molecule has 20 heavy (non-hydrogen) atoms. The van der Waals surface area contributed by atoms with Crippen LogP contribution in [-0.2, 0) is 0 Å².